The zero-order valence-corrected chi connectivity index (χ0v) is 7.34. The zero-order chi connectivity index (χ0) is 7.54. The van der Waals surface area contributed by atoms with E-state index in [9.17, 15) is 0 Å². The molecule has 0 radical (unpaired) electrons. The first-order valence-electron chi connectivity index (χ1n) is 2.68. The molecule has 9 heavy (non-hydrogen) atoms. The Bertz CT molecular complexity index is 49.0. The lowest BCUT2D eigenvalue weighted by molar-refractivity contribution is 1.02. The molecule has 0 aliphatic heterocycles. The van der Waals surface area contributed by atoms with Crippen molar-refractivity contribution in [1.82, 2.24) is 5.32 Å². The Morgan fingerprint density at radius 3 is 1.44 bits per heavy atom. The third-order valence-electron chi connectivity index (χ3n) is 0.345. The van der Waals surface area contributed by atoms with Crippen molar-refractivity contribution in [3.63, 3.8) is 0 Å². The van der Waals surface area contributed by atoms with E-state index in [0.29, 0.717) is 11.8 Å². The Morgan fingerprint density at radius 1 is 1.11 bits per heavy atom. The van der Waals surface area contributed by atoms with Crippen LogP contribution < -0.4 is 5.32 Å². The number of rotatable bonds is 2. The van der Waals surface area contributed by atoms with E-state index in [0.717, 1.165) is 0 Å². The van der Waals surface area contributed by atoms with Gasteiger partial charge in [-0.25, -0.2) is 0 Å². The average molecular weight is 170 g/mol. The summed E-state index contributed by atoms with van der Waals surface area (Å²) >= 11 is 10.5. The van der Waals surface area contributed by atoms with Crippen LogP contribution in [0.2, 0.25) is 0 Å². The zero-order valence-electron chi connectivity index (χ0n) is 5.82. The lowest BCUT2D eigenvalue weighted by atomic mass is 10.6. The van der Waals surface area contributed by atoms with Gasteiger partial charge in [-0.2, -0.15) is 0 Å². The van der Waals surface area contributed by atoms with E-state index in [1.165, 1.54) is 0 Å². The van der Waals surface area contributed by atoms with Gasteiger partial charge in [0, 0.05) is 11.8 Å². The first-order valence-corrected chi connectivity index (χ1v) is 3.75. The van der Waals surface area contributed by atoms with Gasteiger partial charge < -0.3 is 5.32 Å². The SMILES string of the molecule is CNC.ClCC=CCCl. The summed E-state index contributed by atoms with van der Waals surface area (Å²) in [4.78, 5) is 0. The highest BCUT2D eigenvalue weighted by molar-refractivity contribution is 6.20. The Morgan fingerprint density at radius 2 is 1.33 bits per heavy atom. The van der Waals surface area contributed by atoms with Crippen molar-refractivity contribution < 1.29 is 0 Å². The lowest BCUT2D eigenvalue weighted by Gasteiger charge is -1.69. The lowest BCUT2D eigenvalue weighted by Crippen LogP contribution is -1.89. The van der Waals surface area contributed by atoms with Gasteiger partial charge >= 0.3 is 0 Å². The molecule has 0 heterocycles. The molecule has 0 bridgehead atoms. The number of allylic oxidation sites excluding steroid dienone is 2. The van der Waals surface area contributed by atoms with Crippen molar-refractivity contribution >= 4 is 23.2 Å². The van der Waals surface area contributed by atoms with Crippen LogP contribution in [0.15, 0.2) is 12.2 Å². The number of hydrogen-bond acceptors (Lipinski definition) is 1. The predicted molar refractivity (Wildman–Crippen MR) is 45.6 cm³/mol. The van der Waals surface area contributed by atoms with Crippen LogP contribution in [0.1, 0.15) is 0 Å². The summed E-state index contributed by atoms with van der Waals surface area (Å²) in [5.74, 6) is 1.12. The highest BCUT2D eigenvalue weighted by Crippen LogP contribution is 1.79. The number of alkyl halides is 2. The van der Waals surface area contributed by atoms with Gasteiger partial charge in [0.2, 0.25) is 0 Å². The summed E-state index contributed by atoms with van der Waals surface area (Å²) in [6, 6.07) is 0. The van der Waals surface area contributed by atoms with Gasteiger partial charge in [0.05, 0.1) is 0 Å². The molecule has 0 rings (SSSR count). The van der Waals surface area contributed by atoms with Gasteiger partial charge in [0.1, 0.15) is 0 Å². The van der Waals surface area contributed by atoms with Crippen molar-refractivity contribution in [3.05, 3.63) is 12.2 Å². The molecule has 0 aliphatic rings. The van der Waals surface area contributed by atoms with Crippen molar-refractivity contribution in [1.29, 1.82) is 0 Å². The second-order valence-electron chi connectivity index (χ2n) is 1.28. The summed E-state index contributed by atoms with van der Waals surface area (Å²) in [6.07, 6.45) is 3.63. The smallest absolute Gasteiger partial charge is 0.0404 e. The molecular weight excluding hydrogens is 157 g/mol. The maximum absolute atomic E-state index is 5.23. The molecule has 0 aromatic carbocycles. The van der Waals surface area contributed by atoms with E-state index in [4.69, 9.17) is 23.2 Å². The minimum absolute atomic E-state index is 0.562. The van der Waals surface area contributed by atoms with Gasteiger partial charge in [-0.3, -0.25) is 0 Å². The van der Waals surface area contributed by atoms with Crippen molar-refractivity contribution in [2.24, 2.45) is 0 Å². The summed E-state index contributed by atoms with van der Waals surface area (Å²) < 4.78 is 0. The van der Waals surface area contributed by atoms with E-state index in [1.54, 1.807) is 0 Å². The second-order valence-corrected chi connectivity index (χ2v) is 1.90. The molecule has 56 valence electrons. The fourth-order valence-corrected chi connectivity index (χ4v) is 0.378. The first-order chi connectivity index (χ1) is 4.33. The summed E-state index contributed by atoms with van der Waals surface area (Å²) in [5, 5.41) is 2.75. The van der Waals surface area contributed by atoms with Crippen molar-refractivity contribution in [2.45, 2.75) is 0 Å². The van der Waals surface area contributed by atoms with Crippen LogP contribution in [-0.4, -0.2) is 25.9 Å². The maximum atomic E-state index is 5.23. The molecule has 0 spiro atoms. The predicted octanol–water partition coefficient (Wildman–Crippen LogP) is 1.86. The topological polar surface area (TPSA) is 12.0 Å². The molecule has 0 atom stereocenters. The Kier molecular flexibility index (Phi) is 21.0. The highest BCUT2D eigenvalue weighted by atomic mass is 35.5. The molecule has 0 aliphatic carbocycles. The minimum atomic E-state index is 0.562. The van der Waals surface area contributed by atoms with Crippen LogP contribution >= 0.6 is 23.2 Å². The van der Waals surface area contributed by atoms with E-state index in [2.05, 4.69) is 5.32 Å². The van der Waals surface area contributed by atoms with Crippen LogP contribution in [0, 0.1) is 0 Å². The van der Waals surface area contributed by atoms with Gasteiger partial charge in [-0.1, -0.05) is 12.2 Å². The molecule has 0 fully saturated rings. The fourth-order valence-electron chi connectivity index (χ4n) is 0.126. The monoisotopic (exact) mass is 169 g/mol. The van der Waals surface area contributed by atoms with E-state index in [1.807, 2.05) is 26.2 Å². The van der Waals surface area contributed by atoms with Crippen molar-refractivity contribution in [3.8, 4) is 0 Å². The van der Waals surface area contributed by atoms with Gasteiger partial charge in [0.15, 0.2) is 0 Å². The summed E-state index contributed by atoms with van der Waals surface area (Å²) in [7, 11) is 3.75. The number of hydrogen-bond donors (Lipinski definition) is 1. The van der Waals surface area contributed by atoms with Crippen molar-refractivity contribution in [2.75, 3.05) is 25.9 Å². The first kappa shape index (κ1) is 12.0. The van der Waals surface area contributed by atoms with Gasteiger partial charge in [0.25, 0.3) is 0 Å². The average Bonchev–Trinajstić information content (AvgIpc) is 1.86. The number of nitrogens with one attached hydrogen (secondary N) is 1. The Balaban J connectivity index is 0. The molecule has 1 N–H and O–H groups in total. The minimum Gasteiger partial charge on any atom is -0.323 e. The molecular formula is C6H13Cl2N. The van der Waals surface area contributed by atoms with E-state index < -0.39 is 0 Å². The number of halogens is 2. The van der Waals surface area contributed by atoms with Crippen LogP contribution in [-0.2, 0) is 0 Å². The van der Waals surface area contributed by atoms with Crippen LogP contribution in [0.3, 0.4) is 0 Å². The van der Waals surface area contributed by atoms with Gasteiger partial charge in [-0.05, 0) is 14.1 Å². The molecule has 0 saturated carbocycles. The quantitative estimate of drug-likeness (QED) is 0.492. The van der Waals surface area contributed by atoms with Crippen LogP contribution in [0.5, 0.6) is 0 Å². The molecule has 0 unspecified atom stereocenters. The second kappa shape index (κ2) is 15.7. The normalized spacial score (nSPS) is 8.89. The molecule has 0 aromatic heterocycles. The van der Waals surface area contributed by atoms with Crippen LogP contribution in [0.4, 0.5) is 0 Å². The largest absolute Gasteiger partial charge is 0.323 e. The molecule has 3 heteroatoms. The third-order valence-corrected chi connectivity index (χ3v) is 0.701. The Labute approximate surface area is 67.0 Å². The standard InChI is InChI=1S/C4H6Cl2.C2H7N/c5-3-1-2-4-6;1-3-2/h1-2H,3-4H2;3H,1-2H3. The fraction of sp³-hybridized carbons (Fsp3) is 0.667. The third kappa shape index (κ3) is 30.4. The Hall–Kier alpha value is 0.280. The maximum Gasteiger partial charge on any atom is 0.0404 e. The van der Waals surface area contributed by atoms with Gasteiger partial charge in [-0.15, -0.1) is 23.2 Å². The highest BCUT2D eigenvalue weighted by Gasteiger charge is 1.63. The van der Waals surface area contributed by atoms with E-state index in [-0.39, 0.29) is 0 Å². The molecule has 0 aromatic rings. The molecule has 0 saturated heterocycles. The van der Waals surface area contributed by atoms with Crippen LogP contribution in [0.25, 0.3) is 0 Å². The molecule has 1 nitrogen and oxygen atoms in total. The van der Waals surface area contributed by atoms with E-state index >= 15 is 0 Å². The molecule has 0 amide bonds. The summed E-state index contributed by atoms with van der Waals surface area (Å²) in [6.45, 7) is 0. The summed E-state index contributed by atoms with van der Waals surface area (Å²) in [5.41, 5.74) is 0.